The summed E-state index contributed by atoms with van der Waals surface area (Å²) >= 11 is 0. The molecule has 2 rings (SSSR count). The quantitative estimate of drug-likeness (QED) is 0.896. The van der Waals surface area contributed by atoms with E-state index in [9.17, 15) is 0 Å². The van der Waals surface area contributed by atoms with Crippen LogP contribution in [0.25, 0.3) is 0 Å². The van der Waals surface area contributed by atoms with Crippen LogP contribution >= 0.6 is 0 Å². The molecule has 0 aromatic heterocycles. The van der Waals surface area contributed by atoms with Crippen LogP contribution in [0, 0.1) is 0 Å². The van der Waals surface area contributed by atoms with Crippen LogP contribution in [0.1, 0.15) is 45.2 Å². The Morgan fingerprint density at radius 2 is 1.74 bits per heavy atom. The van der Waals surface area contributed by atoms with E-state index in [0.717, 1.165) is 25.9 Å². The molecule has 0 bridgehead atoms. The van der Waals surface area contributed by atoms with Crippen molar-refractivity contribution in [2.24, 2.45) is 0 Å². The number of hydrogen-bond acceptors (Lipinski definition) is 2. The van der Waals surface area contributed by atoms with Gasteiger partial charge in [-0.3, -0.25) is 0 Å². The zero-order chi connectivity index (χ0) is 13.8. The zero-order valence-corrected chi connectivity index (χ0v) is 12.9. The Kier molecular flexibility index (Phi) is 4.87. The molecule has 0 saturated carbocycles. The molecule has 2 unspecified atom stereocenters. The van der Waals surface area contributed by atoms with Crippen LogP contribution in [-0.2, 0) is 12.8 Å². The second-order valence-electron chi connectivity index (χ2n) is 5.73. The summed E-state index contributed by atoms with van der Waals surface area (Å²) in [4.78, 5) is 2.66. The van der Waals surface area contributed by atoms with Gasteiger partial charge in [-0.1, -0.05) is 32.0 Å². The van der Waals surface area contributed by atoms with Gasteiger partial charge < -0.3 is 10.2 Å². The number of aryl methyl sites for hydroxylation is 2. The second kappa shape index (κ2) is 6.42. The van der Waals surface area contributed by atoms with Crippen molar-refractivity contribution in [1.82, 2.24) is 5.32 Å². The Morgan fingerprint density at radius 1 is 1.11 bits per heavy atom. The van der Waals surface area contributed by atoms with E-state index in [-0.39, 0.29) is 0 Å². The van der Waals surface area contributed by atoms with Crippen LogP contribution in [0.15, 0.2) is 18.2 Å². The molecule has 2 heteroatoms. The van der Waals surface area contributed by atoms with Gasteiger partial charge >= 0.3 is 0 Å². The average molecular weight is 260 g/mol. The van der Waals surface area contributed by atoms with E-state index in [4.69, 9.17) is 0 Å². The molecule has 1 aliphatic rings. The third kappa shape index (κ3) is 2.94. The molecule has 1 aliphatic heterocycles. The maximum atomic E-state index is 3.56. The van der Waals surface area contributed by atoms with Gasteiger partial charge in [0.1, 0.15) is 0 Å². The summed E-state index contributed by atoms with van der Waals surface area (Å²) in [5.41, 5.74) is 4.51. The number of rotatable bonds is 3. The van der Waals surface area contributed by atoms with Crippen LogP contribution in [0.2, 0.25) is 0 Å². The van der Waals surface area contributed by atoms with Crippen LogP contribution in [0.4, 0.5) is 5.69 Å². The first-order valence-corrected chi connectivity index (χ1v) is 7.78. The van der Waals surface area contributed by atoms with E-state index in [1.54, 1.807) is 0 Å². The van der Waals surface area contributed by atoms with E-state index in [1.165, 1.54) is 23.2 Å². The number of nitrogens with one attached hydrogen (secondary N) is 1. The topological polar surface area (TPSA) is 15.3 Å². The highest BCUT2D eigenvalue weighted by Gasteiger charge is 2.26. The Labute approximate surface area is 118 Å². The number of para-hydroxylation sites is 1. The lowest BCUT2D eigenvalue weighted by Gasteiger charge is -2.37. The lowest BCUT2D eigenvalue weighted by Crippen LogP contribution is -2.43. The summed E-state index contributed by atoms with van der Waals surface area (Å²) in [5.74, 6) is 0. The normalized spacial score (nSPS) is 24.3. The third-order valence-corrected chi connectivity index (χ3v) is 4.35. The van der Waals surface area contributed by atoms with Gasteiger partial charge in [-0.15, -0.1) is 0 Å². The summed E-state index contributed by atoms with van der Waals surface area (Å²) in [7, 11) is 0. The molecule has 1 heterocycles. The third-order valence-electron chi connectivity index (χ3n) is 4.35. The van der Waals surface area contributed by atoms with Gasteiger partial charge in [0.25, 0.3) is 0 Å². The highest BCUT2D eigenvalue weighted by atomic mass is 15.2. The van der Waals surface area contributed by atoms with Crippen molar-refractivity contribution in [3.8, 4) is 0 Å². The SMILES string of the molecule is CCc1cccc(CC)c1N1C(C)CCNCC1C. The van der Waals surface area contributed by atoms with Crippen molar-refractivity contribution in [1.29, 1.82) is 0 Å². The fourth-order valence-corrected chi connectivity index (χ4v) is 3.28. The van der Waals surface area contributed by atoms with Gasteiger partial charge in [-0.25, -0.2) is 0 Å². The number of benzene rings is 1. The maximum Gasteiger partial charge on any atom is 0.0436 e. The summed E-state index contributed by atoms with van der Waals surface area (Å²) in [6.45, 7) is 11.5. The maximum absolute atomic E-state index is 3.56. The molecule has 0 aliphatic carbocycles. The highest BCUT2D eigenvalue weighted by Crippen LogP contribution is 2.31. The smallest absolute Gasteiger partial charge is 0.0436 e. The fourth-order valence-electron chi connectivity index (χ4n) is 3.28. The molecule has 2 atom stereocenters. The van der Waals surface area contributed by atoms with Crippen LogP contribution in [-0.4, -0.2) is 25.2 Å². The Morgan fingerprint density at radius 3 is 2.32 bits per heavy atom. The summed E-state index contributed by atoms with van der Waals surface area (Å²) < 4.78 is 0. The monoisotopic (exact) mass is 260 g/mol. The molecule has 0 spiro atoms. The molecule has 106 valence electrons. The second-order valence-corrected chi connectivity index (χ2v) is 5.73. The van der Waals surface area contributed by atoms with Crippen LogP contribution < -0.4 is 10.2 Å². The summed E-state index contributed by atoms with van der Waals surface area (Å²) in [6, 6.07) is 7.99. The predicted octanol–water partition coefficient (Wildman–Crippen LogP) is 3.39. The summed E-state index contributed by atoms with van der Waals surface area (Å²) in [6.07, 6.45) is 3.46. The van der Waals surface area contributed by atoms with Crippen molar-refractivity contribution in [3.63, 3.8) is 0 Å². The molecule has 1 saturated heterocycles. The minimum absolute atomic E-state index is 0.565. The largest absolute Gasteiger partial charge is 0.364 e. The number of nitrogens with zero attached hydrogens (tertiary/aromatic N) is 1. The first-order valence-electron chi connectivity index (χ1n) is 7.78. The Bertz CT molecular complexity index is 379. The van der Waals surface area contributed by atoms with Gasteiger partial charge in [0, 0.05) is 24.3 Å². The summed E-state index contributed by atoms with van der Waals surface area (Å²) in [5, 5.41) is 3.56. The first kappa shape index (κ1) is 14.4. The van der Waals surface area contributed by atoms with Gasteiger partial charge in [0.15, 0.2) is 0 Å². The molecule has 2 nitrogen and oxygen atoms in total. The molecule has 1 aromatic carbocycles. The first-order chi connectivity index (χ1) is 9.19. The minimum Gasteiger partial charge on any atom is -0.364 e. The van der Waals surface area contributed by atoms with E-state index in [0.29, 0.717) is 12.1 Å². The molecular formula is C17H28N2. The standard InChI is InChI=1S/C17H28N2/c1-5-15-8-7-9-16(6-2)17(15)19-13(3)10-11-18-12-14(19)4/h7-9,13-14,18H,5-6,10-12H2,1-4H3. The Balaban J connectivity index is 2.47. The molecule has 0 radical (unpaired) electrons. The molecule has 19 heavy (non-hydrogen) atoms. The fraction of sp³-hybridized carbons (Fsp3) is 0.647. The van der Waals surface area contributed by atoms with E-state index in [1.807, 2.05) is 0 Å². The van der Waals surface area contributed by atoms with Gasteiger partial charge in [0.05, 0.1) is 0 Å². The van der Waals surface area contributed by atoms with E-state index < -0.39 is 0 Å². The molecule has 1 fully saturated rings. The minimum atomic E-state index is 0.565. The zero-order valence-electron chi connectivity index (χ0n) is 12.9. The van der Waals surface area contributed by atoms with Crippen LogP contribution in [0.5, 0.6) is 0 Å². The van der Waals surface area contributed by atoms with E-state index in [2.05, 4.69) is 56.1 Å². The number of anilines is 1. The van der Waals surface area contributed by atoms with Crippen molar-refractivity contribution < 1.29 is 0 Å². The average Bonchev–Trinajstić information content (AvgIpc) is 2.59. The predicted molar refractivity (Wildman–Crippen MR) is 84.1 cm³/mol. The molecule has 1 N–H and O–H groups in total. The van der Waals surface area contributed by atoms with Crippen molar-refractivity contribution >= 4 is 5.69 Å². The van der Waals surface area contributed by atoms with E-state index >= 15 is 0 Å². The molecular weight excluding hydrogens is 232 g/mol. The lowest BCUT2D eigenvalue weighted by atomic mass is 9.99. The lowest BCUT2D eigenvalue weighted by molar-refractivity contribution is 0.571. The van der Waals surface area contributed by atoms with Crippen molar-refractivity contribution in [2.45, 2.75) is 59.0 Å². The van der Waals surface area contributed by atoms with Gasteiger partial charge in [0.2, 0.25) is 0 Å². The Hall–Kier alpha value is -1.02. The van der Waals surface area contributed by atoms with Crippen LogP contribution in [0.3, 0.4) is 0 Å². The van der Waals surface area contributed by atoms with Crippen molar-refractivity contribution in [3.05, 3.63) is 29.3 Å². The van der Waals surface area contributed by atoms with Gasteiger partial charge in [-0.2, -0.15) is 0 Å². The molecule has 1 aromatic rings. The van der Waals surface area contributed by atoms with Crippen molar-refractivity contribution in [2.75, 3.05) is 18.0 Å². The number of hydrogen-bond donors (Lipinski definition) is 1. The highest BCUT2D eigenvalue weighted by molar-refractivity contribution is 5.61. The molecule has 0 amide bonds. The van der Waals surface area contributed by atoms with Gasteiger partial charge in [-0.05, 0) is 50.8 Å².